The Bertz CT molecular complexity index is 1270. The van der Waals surface area contributed by atoms with Gasteiger partial charge in [-0.1, -0.05) is 24.3 Å². The summed E-state index contributed by atoms with van der Waals surface area (Å²) in [4.78, 5) is 24.6. The average molecular weight is 390 g/mol. The van der Waals surface area contributed by atoms with Crippen LogP contribution in [-0.4, -0.2) is 20.2 Å². The van der Waals surface area contributed by atoms with Crippen molar-refractivity contribution in [2.45, 2.75) is 6.61 Å². The minimum absolute atomic E-state index is 0.0801. The van der Waals surface area contributed by atoms with Gasteiger partial charge in [-0.05, 0) is 35.0 Å². The van der Waals surface area contributed by atoms with Crippen LogP contribution in [0.5, 0.6) is 11.5 Å². The van der Waals surface area contributed by atoms with E-state index in [1.807, 2.05) is 24.3 Å². The molecule has 6 heteroatoms. The van der Waals surface area contributed by atoms with Crippen molar-refractivity contribution in [3.05, 3.63) is 82.2 Å². The lowest BCUT2D eigenvalue weighted by molar-refractivity contribution is 0.0470. The Morgan fingerprint density at radius 2 is 1.69 bits per heavy atom. The van der Waals surface area contributed by atoms with Gasteiger partial charge in [-0.15, -0.1) is 0 Å². The van der Waals surface area contributed by atoms with Gasteiger partial charge in [0.15, 0.2) is 0 Å². The van der Waals surface area contributed by atoms with E-state index in [0.717, 1.165) is 10.8 Å². The zero-order valence-corrected chi connectivity index (χ0v) is 15.9. The number of ether oxygens (including phenoxy) is 3. The molecular formula is C23H18O6. The van der Waals surface area contributed by atoms with Crippen LogP contribution < -0.4 is 15.1 Å². The molecule has 0 atom stereocenters. The third-order valence-electron chi connectivity index (χ3n) is 4.68. The summed E-state index contributed by atoms with van der Waals surface area (Å²) in [6, 6.07) is 17.6. The monoisotopic (exact) mass is 390 g/mol. The molecule has 0 saturated carbocycles. The molecule has 0 bridgehead atoms. The first-order chi connectivity index (χ1) is 14.1. The molecule has 0 N–H and O–H groups in total. The van der Waals surface area contributed by atoms with Crippen LogP contribution in [-0.2, 0) is 11.3 Å². The molecule has 0 unspecified atom stereocenters. The molecule has 0 aliphatic carbocycles. The lowest BCUT2D eigenvalue weighted by Crippen LogP contribution is -2.09. The van der Waals surface area contributed by atoms with Crippen LogP contribution in [0.3, 0.4) is 0 Å². The second-order valence-corrected chi connectivity index (χ2v) is 6.43. The van der Waals surface area contributed by atoms with Gasteiger partial charge < -0.3 is 18.6 Å². The van der Waals surface area contributed by atoms with Gasteiger partial charge >= 0.3 is 11.6 Å². The molecule has 0 amide bonds. The highest BCUT2D eigenvalue weighted by atomic mass is 16.5. The highest BCUT2D eigenvalue weighted by Crippen LogP contribution is 2.28. The Balaban J connectivity index is 1.65. The minimum atomic E-state index is -0.539. The van der Waals surface area contributed by atoms with E-state index >= 15 is 0 Å². The van der Waals surface area contributed by atoms with Crippen molar-refractivity contribution in [2.75, 3.05) is 14.2 Å². The summed E-state index contributed by atoms with van der Waals surface area (Å²) >= 11 is 0. The number of esters is 1. The van der Waals surface area contributed by atoms with Crippen LogP contribution in [0.15, 0.2) is 69.9 Å². The van der Waals surface area contributed by atoms with Crippen LogP contribution in [0.25, 0.3) is 21.7 Å². The number of rotatable bonds is 5. The molecular weight excluding hydrogens is 372 g/mol. The number of methoxy groups -OCH3 is 2. The third kappa shape index (κ3) is 3.65. The number of benzene rings is 3. The minimum Gasteiger partial charge on any atom is -0.497 e. The smallest absolute Gasteiger partial charge is 0.342 e. The van der Waals surface area contributed by atoms with Crippen molar-refractivity contribution in [1.82, 2.24) is 0 Å². The third-order valence-corrected chi connectivity index (χ3v) is 4.68. The summed E-state index contributed by atoms with van der Waals surface area (Å²) in [6.45, 7) is -0.0801. The van der Waals surface area contributed by atoms with Gasteiger partial charge in [0.25, 0.3) is 0 Å². The lowest BCUT2D eigenvalue weighted by atomic mass is 10.1. The van der Waals surface area contributed by atoms with Crippen LogP contribution in [0.4, 0.5) is 0 Å². The summed E-state index contributed by atoms with van der Waals surface area (Å²) in [5.41, 5.74) is 0.707. The van der Waals surface area contributed by atoms with E-state index in [1.165, 1.54) is 20.3 Å². The number of carbonyl (C=O) groups is 1. The standard InChI is InChI=1S/C23H18O6/c1-26-17-7-8-18-16(11-22(24)29-21(18)12-17)13-28-23(25)19-9-14-5-3-4-6-15(14)10-20(19)27-2/h3-12H,13H2,1-2H3. The zero-order valence-electron chi connectivity index (χ0n) is 15.9. The normalized spacial score (nSPS) is 10.8. The predicted molar refractivity (Wildman–Crippen MR) is 109 cm³/mol. The second-order valence-electron chi connectivity index (χ2n) is 6.43. The number of hydrogen-bond donors (Lipinski definition) is 0. The SMILES string of the molecule is COc1ccc2c(COC(=O)c3cc4ccccc4cc3OC)cc(=O)oc2c1. The first-order valence-corrected chi connectivity index (χ1v) is 8.94. The molecule has 4 aromatic rings. The highest BCUT2D eigenvalue weighted by Gasteiger charge is 2.16. The largest absolute Gasteiger partial charge is 0.497 e. The van der Waals surface area contributed by atoms with E-state index < -0.39 is 11.6 Å². The van der Waals surface area contributed by atoms with E-state index in [9.17, 15) is 9.59 Å². The Kier molecular flexibility index (Phi) is 4.91. The maximum atomic E-state index is 12.7. The molecule has 4 rings (SSSR count). The molecule has 1 aromatic heterocycles. The second kappa shape index (κ2) is 7.67. The van der Waals surface area contributed by atoms with Crippen LogP contribution >= 0.6 is 0 Å². The quantitative estimate of drug-likeness (QED) is 0.373. The Labute approximate surface area is 166 Å². The molecule has 1 heterocycles. The summed E-state index contributed by atoms with van der Waals surface area (Å²) in [6.07, 6.45) is 0. The molecule has 29 heavy (non-hydrogen) atoms. The number of fused-ring (bicyclic) bond motifs is 2. The van der Waals surface area contributed by atoms with E-state index in [2.05, 4.69) is 0 Å². The maximum Gasteiger partial charge on any atom is 0.342 e. The number of hydrogen-bond acceptors (Lipinski definition) is 6. The van der Waals surface area contributed by atoms with Gasteiger partial charge in [0, 0.05) is 23.1 Å². The van der Waals surface area contributed by atoms with Crippen molar-refractivity contribution in [3.8, 4) is 11.5 Å². The zero-order chi connectivity index (χ0) is 20.4. The van der Waals surface area contributed by atoms with Gasteiger partial charge in [-0.2, -0.15) is 0 Å². The summed E-state index contributed by atoms with van der Waals surface area (Å²) < 4.78 is 21.2. The van der Waals surface area contributed by atoms with Gasteiger partial charge in [0.1, 0.15) is 29.3 Å². The van der Waals surface area contributed by atoms with Crippen molar-refractivity contribution in [3.63, 3.8) is 0 Å². The molecule has 0 saturated heterocycles. The topological polar surface area (TPSA) is 75.0 Å². The van der Waals surface area contributed by atoms with Crippen molar-refractivity contribution in [2.24, 2.45) is 0 Å². The molecule has 0 aliphatic rings. The van der Waals surface area contributed by atoms with Crippen molar-refractivity contribution >= 4 is 27.7 Å². The highest BCUT2D eigenvalue weighted by molar-refractivity contribution is 5.98. The van der Waals surface area contributed by atoms with Gasteiger partial charge in [0.05, 0.1) is 14.2 Å². The number of carbonyl (C=O) groups excluding carboxylic acids is 1. The van der Waals surface area contributed by atoms with Crippen LogP contribution in [0.2, 0.25) is 0 Å². The van der Waals surface area contributed by atoms with E-state index in [-0.39, 0.29) is 6.61 Å². The Morgan fingerprint density at radius 3 is 2.41 bits per heavy atom. The van der Waals surface area contributed by atoms with E-state index in [4.69, 9.17) is 18.6 Å². The summed E-state index contributed by atoms with van der Waals surface area (Å²) in [5.74, 6) is 0.453. The van der Waals surface area contributed by atoms with Gasteiger partial charge in [-0.25, -0.2) is 9.59 Å². The first kappa shape index (κ1) is 18.6. The molecule has 0 fully saturated rings. The van der Waals surface area contributed by atoms with Crippen molar-refractivity contribution < 1.29 is 23.4 Å². The van der Waals surface area contributed by atoms with Gasteiger partial charge in [0.2, 0.25) is 0 Å². The fourth-order valence-electron chi connectivity index (χ4n) is 3.23. The summed E-state index contributed by atoms with van der Waals surface area (Å²) in [5, 5.41) is 2.53. The fourth-order valence-corrected chi connectivity index (χ4v) is 3.23. The molecule has 146 valence electrons. The van der Waals surface area contributed by atoms with E-state index in [0.29, 0.717) is 33.6 Å². The predicted octanol–water partition coefficient (Wildman–Crippen LogP) is 4.32. The van der Waals surface area contributed by atoms with Crippen LogP contribution in [0.1, 0.15) is 15.9 Å². The molecule has 6 nitrogen and oxygen atoms in total. The fraction of sp³-hybridized carbons (Fsp3) is 0.130. The summed E-state index contributed by atoms with van der Waals surface area (Å²) in [7, 11) is 3.03. The first-order valence-electron chi connectivity index (χ1n) is 8.94. The molecule has 3 aromatic carbocycles. The molecule has 0 aliphatic heterocycles. The maximum absolute atomic E-state index is 12.7. The van der Waals surface area contributed by atoms with Crippen molar-refractivity contribution in [1.29, 1.82) is 0 Å². The van der Waals surface area contributed by atoms with E-state index in [1.54, 1.807) is 30.3 Å². The average Bonchev–Trinajstić information content (AvgIpc) is 2.75. The lowest BCUT2D eigenvalue weighted by Gasteiger charge is -2.11. The Hall–Kier alpha value is -3.80. The molecule has 0 radical (unpaired) electrons. The Morgan fingerprint density at radius 1 is 0.931 bits per heavy atom. The van der Waals surface area contributed by atoms with Crippen LogP contribution in [0, 0.1) is 0 Å². The van der Waals surface area contributed by atoms with Gasteiger partial charge in [-0.3, -0.25) is 0 Å². The molecule has 0 spiro atoms.